The number of amides is 2. The number of nitrogens with zero attached hydrogens (tertiary/aromatic N) is 1. The third-order valence-electron chi connectivity index (χ3n) is 5.30. The maximum Gasteiger partial charge on any atom is 0.328 e. The first-order valence-electron chi connectivity index (χ1n) is 10.3. The Kier molecular flexibility index (Phi) is 8.64. The Labute approximate surface area is 173 Å². The van der Waals surface area contributed by atoms with E-state index < -0.39 is 18.1 Å². The standard InChI is InChI=1S/C22H33N3O4/c1-15(2)13-18(23)21(27)25-11-9-17(10-12-25)20(26)24-19(22(28)29-3)14-16-7-5-4-6-8-16/h4-8,15,17-19H,9-14,23H2,1-3H3,(H,24,26)/t18-,19-/m0/s1. The van der Waals surface area contributed by atoms with Gasteiger partial charge in [-0.25, -0.2) is 4.79 Å². The zero-order chi connectivity index (χ0) is 21.4. The summed E-state index contributed by atoms with van der Waals surface area (Å²) >= 11 is 0. The van der Waals surface area contributed by atoms with Gasteiger partial charge in [-0.2, -0.15) is 0 Å². The van der Waals surface area contributed by atoms with Crippen molar-refractivity contribution in [2.75, 3.05) is 20.2 Å². The molecule has 0 bridgehead atoms. The summed E-state index contributed by atoms with van der Waals surface area (Å²) in [5.41, 5.74) is 6.96. The highest BCUT2D eigenvalue weighted by atomic mass is 16.5. The molecule has 0 unspecified atom stereocenters. The number of piperidine rings is 1. The minimum atomic E-state index is -0.728. The number of rotatable bonds is 8. The van der Waals surface area contributed by atoms with Gasteiger partial charge in [0.05, 0.1) is 13.2 Å². The lowest BCUT2D eigenvalue weighted by Gasteiger charge is -2.33. The van der Waals surface area contributed by atoms with Crippen molar-refractivity contribution in [1.29, 1.82) is 0 Å². The summed E-state index contributed by atoms with van der Waals surface area (Å²) in [7, 11) is 1.32. The van der Waals surface area contributed by atoms with Gasteiger partial charge in [-0.15, -0.1) is 0 Å². The first-order chi connectivity index (χ1) is 13.8. The number of ether oxygens (including phenoxy) is 1. The SMILES string of the molecule is COC(=O)[C@H](Cc1ccccc1)NC(=O)C1CCN(C(=O)[C@@H](N)CC(C)C)CC1. The summed E-state index contributed by atoms with van der Waals surface area (Å²) in [5, 5.41) is 2.84. The number of benzene rings is 1. The molecule has 29 heavy (non-hydrogen) atoms. The second kappa shape index (κ2) is 11.0. The van der Waals surface area contributed by atoms with Gasteiger partial charge >= 0.3 is 5.97 Å². The summed E-state index contributed by atoms with van der Waals surface area (Å²) in [6.07, 6.45) is 2.15. The van der Waals surface area contributed by atoms with E-state index in [1.54, 1.807) is 4.90 Å². The number of hydrogen-bond acceptors (Lipinski definition) is 5. The first-order valence-corrected chi connectivity index (χ1v) is 10.3. The molecule has 0 radical (unpaired) electrons. The van der Waals surface area contributed by atoms with Crippen LogP contribution in [0.15, 0.2) is 30.3 Å². The van der Waals surface area contributed by atoms with Crippen molar-refractivity contribution in [3.63, 3.8) is 0 Å². The van der Waals surface area contributed by atoms with Gasteiger partial charge in [-0.3, -0.25) is 9.59 Å². The lowest BCUT2D eigenvalue weighted by Crippen LogP contribution is -2.51. The Hall–Kier alpha value is -2.41. The quantitative estimate of drug-likeness (QED) is 0.641. The van der Waals surface area contributed by atoms with Gasteiger partial charge in [0.2, 0.25) is 11.8 Å². The van der Waals surface area contributed by atoms with Crippen molar-refractivity contribution >= 4 is 17.8 Å². The number of likely N-dealkylation sites (tertiary alicyclic amines) is 1. The highest BCUT2D eigenvalue weighted by molar-refractivity contribution is 5.86. The van der Waals surface area contributed by atoms with Crippen molar-refractivity contribution in [2.45, 2.75) is 51.6 Å². The van der Waals surface area contributed by atoms with Crippen LogP contribution in [0.3, 0.4) is 0 Å². The van der Waals surface area contributed by atoms with E-state index >= 15 is 0 Å². The van der Waals surface area contributed by atoms with Gasteiger partial charge in [0.1, 0.15) is 6.04 Å². The summed E-state index contributed by atoms with van der Waals surface area (Å²) in [5.74, 6) is -0.557. The molecule has 160 valence electrons. The largest absolute Gasteiger partial charge is 0.467 e. The zero-order valence-corrected chi connectivity index (χ0v) is 17.6. The number of nitrogens with two attached hydrogens (primary N) is 1. The fourth-order valence-electron chi connectivity index (χ4n) is 3.68. The van der Waals surface area contributed by atoms with Crippen LogP contribution >= 0.6 is 0 Å². The summed E-state index contributed by atoms with van der Waals surface area (Å²) in [4.78, 5) is 39.1. The Bertz CT molecular complexity index is 685. The van der Waals surface area contributed by atoms with E-state index in [0.29, 0.717) is 44.7 Å². The molecule has 1 aromatic rings. The minimum absolute atomic E-state index is 0.0472. The van der Waals surface area contributed by atoms with E-state index in [1.165, 1.54) is 7.11 Å². The second-order valence-electron chi connectivity index (χ2n) is 8.11. The first kappa shape index (κ1) is 22.9. The van der Waals surface area contributed by atoms with Gasteiger partial charge in [-0.1, -0.05) is 44.2 Å². The van der Waals surface area contributed by atoms with Crippen molar-refractivity contribution in [3.8, 4) is 0 Å². The molecule has 2 atom stereocenters. The molecular formula is C22H33N3O4. The molecular weight excluding hydrogens is 370 g/mol. The molecule has 0 aliphatic carbocycles. The summed E-state index contributed by atoms with van der Waals surface area (Å²) < 4.78 is 4.86. The third-order valence-corrected chi connectivity index (χ3v) is 5.30. The minimum Gasteiger partial charge on any atom is -0.467 e. The van der Waals surface area contributed by atoms with E-state index in [-0.39, 0.29) is 17.7 Å². The van der Waals surface area contributed by atoms with Gasteiger partial charge < -0.3 is 20.7 Å². The molecule has 1 aliphatic rings. The second-order valence-corrected chi connectivity index (χ2v) is 8.11. The van der Waals surface area contributed by atoms with Crippen LogP contribution in [0.2, 0.25) is 0 Å². The summed E-state index contributed by atoms with van der Waals surface area (Å²) in [6.45, 7) is 5.09. The molecule has 1 aliphatic heterocycles. The van der Waals surface area contributed by atoms with Gasteiger partial charge in [0, 0.05) is 25.4 Å². The van der Waals surface area contributed by atoms with Crippen LogP contribution in [0, 0.1) is 11.8 Å². The number of carbonyl (C=O) groups is 3. The smallest absolute Gasteiger partial charge is 0.328 e. The number of methoxy groups -OCH3 is 1. The normalized spacial score (nSPS) is 16.9. The highest BCUT2D eigenvalue weighted by Crippen LogP contribution is 2.19. The molecule has 0 spiro atoms. The van der Waals surface area contributed by atoms with Crippen LogP contribution in [0.1, 0.15) is 38.7 Å². The molecule has 1 aromatic carbocycles. The number of hydrogen-bond donors (Lipinski definition) is 2. The molecule has 1 heterocycles. The highest BCUT2D eigenvalue weighted by Gasteiger charge is 2.32. The Morgan fingerprint density at radius 1 is 1.17 bits per heavy atom. The molecule has 0 saturated carbocycles. The Morgan fingerprint density at radius 3 is 2.34 bits per heavy atom. The molecule has 3 N–H and O–H groups in total. The van der Waals surface area contributed by atoms with E-state index in [0.717, 1.165) is 5.56 Å². The number of esters is 1. The fourth-order valence-corrected chi connectivity index (χ4v) is 3.68. The van der Waals surface area contributed by atoms with E-state index in [1.807, 2.05) is 44.2 Å². The molecule has 7 nitrogen and oxygen atoms in total. The third kappa shape index (κ3) is 6.85. The molecule has 7 heteroatoms. The average Bonchev–Trinajstić information content (AvgIpc) is 2.72. The van der Waals surface area contributed by atoms with Crippen molar-refractivity contribution in [3.05, 3.63) is 35.9 Å². The molecule has 0 aromatic heterocycles. The summed E-state index contributed by atoms with van der Waals surface area (Å²) in [6, 6.07) is 8.28. The monoisotopic (exact) mass is 403 g/mol. The molecule has 1 saturated heterocycles. The number of carbonyl (C=O) groups excluding carboxylic acids is 3. The lowest BCUT2D eigenvalue weighted by atomic mass is 9.94. The molecule has 2 amide bonds. The van der Waals surface area contributed by atoms with E-state index in [9.17, 15) is 14.4 Å². The van der Waals surface area contributed by atoms with Crippen LogP contribution < -0.4 is 11.1 Å². The van der Waals surface area contributed by atoms with Crippen molar-refractivity contribution in [1.82, 2.24) is 10.2 Å². The Balaban J connectivity index is 1.89. The van der Waals surface area contributed by atoms with Crippen LogP contribution in [0.4, 0.5) is 0 Å². The zero-order valence-electron chi connectivity index (χ0n) is 17.6. The Morgan fingerprint density at radius 2 is 1.79 bits per heavy atom. The van der Waals surface area contributed by atoms with Crippen LogP contribution in [0.25, 0.3) is 0 Å². The van der Waals surface area contributed by atoms with Crippen molar-refractivity contribution < 1.29 is 19.1 Å². The maximum absolute atomic E-state index is 12.7. The van der Waals surface area contributed by atoms with Crippen LogP contribution in [-0.4, -0.2) is 55.0 Å². The number of nitrogens with one attached hydrogen (secondary N) is 1. The molecule has 1 fully saturated rings. The maximum atomic E-state index is 12.7. The predicted octanol–water partition coefficient (Wildman–Crippen LogP) is 1.50. The van der Waals surface area contributed by atoms with Crippen LogP contribution in [0.5, 0.6) is 0 Å². The van der Waals surface area contributed by atoms with Gasteiger partial charge in [0.15, 0.2) is 0 Å². The van der Waals surface area contributed by atoms with Gasteiger partial charge in [-0.05, 0) is 30.7 Å². The predicted molar refractivity (Wildman–Crippen MR) is 111 cm³/mol. The average molecular weight is 404 g/mol. The topological polar surface area (TPSA) is 102 Å². The van der Waals surface area contributed by atoms with Crippen molar-refractivity contribution in [2.24, 2.45) is 17.6 Å². The van der Waals surface area contributed by atoms with E-state index in [2.05, 4.69) is 5.32 Å². The molecule has 2 rings (SSSR count). The van der Waals surface area contributed by atoms with Crippen LogP contribution in [-0.2, 0) is 25.5 Å². The van der Waals surface area contributed by atoms with E-state index in [4.69, 9.17) is 10.5 Å². The lowest BCUT2D eigenvalue weighted by molar-refractivity contribution is -0.146. The fraction of sp³-hybridized carbons (Fsp3) is 0.591. The van der Waals surface area contributed by atoms with Gasteiger partial charge in [0.25, 0.3) is 0 Å².